The predicted molar refractivity (Wildman–Crippen MR) is 122 cm³/mol. The summed E-state index contributed by atoms with van der Waals surface area (Å²) in [5, 5.41) is 7.76. The monoisotopic (exact) mass is 431 g/mol. The van der Waals surface area contributed by atoms with Gasteiger partial charge in [0.05, 0.1) is 17.4 Å². The van der Waals surface area contributed by atoms with Gasteiger partial charge >= 0.3 is 5.69 Å². The second-order valence-corrected chi connectivity index (χ2v) is 8.61. The molecule has 0 bridgehead atoms. The zero-order valence-corrected chi connectivity index (χ0v) is 18.2. The molecule has 1 aliphatic rings. The average molecular weight is 431 g/mol. The van der Waals surface area contributed by atoms with E-state index >= 15 is 0 Å². The first kappa shape index (κ1) is 20.2. The van der Waals surface area contributed by atoms with Crippen molar-refractivity contribution in [2.45, 2.75) is 45.2 Å². The molecule has 164 valence electrons. The van der Waals surface area contributed by atoms with Gasteiger partial charge in [-0.05, 0) is 43.5 Å². The third kappa shape index (κ3) is 3.41. The predicted octanol–water partition coefficient (Wildman–Crippen LogP) is 2.38. The van der Waals surface area contributed by atoms with Gasteiger partial charge in [-0.3, -0.25) is 14.2 Å². The Morgan fingerprint density at radius 3 is 2.53 bits per heavy atom. The van der Waals surface area contributed by atoms with Crippen molar-refractivity contribution in [2.75, 3.05) is 0 Å². The molecule has 8 nitrogen and oxygen atoms in total. The van der Waals surface area contributed by atoms with Gasteiger partial charge in [-0.25, -0.2) is 13.9 Å². The zero-order chi connectivity index (χ0) is 22.4. The van der Waals surface area contributed by atoms with E-state index in [1.165, 1.54) is 13.6 Å². The molecule has 5 rings (SSSR count). The Balaban J connectivity index is 1.66. The lowest BCUT2D eigenvalue weighted by Crippen LogP contribution is -2.32. The fourth-order valence-electron chi connectivity index (χ4n) is 4.47. The van der Waals surface area contributed by atoms with E-state index in [4.69, 9.17) is 0 Å². The van der Waals surface area contributed by atoms with E-state index in [2.05, 4.69) is 10.4 Å². The van der Waals surface area contributed by atoms with Gasteiger partial charge < -0.3 is 5.32 Å². The number of hydrogen-bond donors (Lipinski definition) is 1. The highest BCUT2D eigenvalue weighted by Crippen LogP contribution is 2.19. The number of fused-ring (bicyclic) bond motifs is 3. The van der Waals surface area contributed by atoms with Crippen LogP contribution < -0.4 is 16.6 Å². The van der Waals surface area contributed by atoms with E-state index in [-0.39, 0.29) is 29.0 Å². The number of benzene rings is 2. The first-order valence-corrected chi connectivity index (χ1v) is 10.9. The molecule has 0 aliphatic heterocycles. The highest BCUT2D eigenvalue weighted by Gasteiger charge is 2.21. The van der Waals surface area contributed by atoms with Crippen molar-refractivity contribution in [2.24, 2.45) is 7.05 Å². The highest BCUT2D eigenvalue weighted by molar-refractivity contribution is 5.98. The quantitative estimate of drug-likeness (QED) is 0.537. The van der Waals surface area contributed by atoms with Gasteiger partial charge in [-0.15, -0.1) is 5.10 Å². The van der Waals surface area contributed by atoms with Crippen LogP contribution in [0.4, 0.5) is 0 Å². The maximum Gasteiger partial charge on any atom is 0.351 e. The molecule has 1 N–H and O–H groups in total. The smallest absolute Gasteiger partial charge is 0.349 e. The molecule has 0 radical (unpaired) electrons. The number of carbonyl (C=O) groups is 1. The molecule has 0 spiro atoms. The van der Waals surface area contributed by atoms with Crippen molar-refractivity contribution in [1.82, 2.24) is 24.1 Å². The molecular weight excluding hydrogens is 406 g/mol. The summed E-state index contributed by atoms with van der Waals surface area (Å²) in [5.41, 5.74) is 2.27. The Morgan fingerprint density at radius 2 is 1.81 bits per heavy atom. The molecule has 0 saturated heterocycles. The molecule has 1 aliphatic carbocycles. The topological polar surface area (TPSA) is 90.4 Å². The Labute approximate surface area is 184 Å². The summed E-state index contributed by atoms with van der Waals surface area (Å²) in [6.07, 6.45) is 4.20. The second-order valence-electron chi connectivity index (χ2n) is 8.61. The van der Waals surface area contributed by atoms with Crippen LogP contribution in [0.2, 0.25) is 0 Å². The van der Waals surface area contributed by atoms with Crippen LogP contribution in [0.5, 0.6) is 0 Å². The van der Waals surface area contributed by atoms with Crippen molar-refractivity contribution in [3.63, 3.8) is 0 Å². The van der Waals surface area contributed by atoms with Crippen LogP contribution >= 0.6 is 0 Å². The van der Waals surface area contributed by atoms with Crippen LogP contribution in [-0.2, 0) is 13.6 Å². The van der Waals surface area contributed by atoms with Crippen LogP contribution in [0.1, 0.15) is 47.2 Å². The largest absolute Gasteiger partial charge is 0.351 e. The van der Waals surface area contributed by atoms with Crippen LogP contribution in [0.3, 0.4) is 0 Å². The summed E-state index contributed by atoms with van der Waals surface area (Å²) in [6, 6.07) is 13.0. The minimum atomic E-state index is -0.365. The summed E-state index contributed by atoms with van der Waals surface area (Å²) in [4.78, 5) is 39.1. The number of nitrogens with zero attached hydrogens (tertiary/aromatic N) is 4. The maximum absolute atomic E-state index is 13.4. The molecule has 8 heteroatoms. The fraction of sp³-hybridized carbons (Fsp3) is 0.333. The minimum absolute atomic E-state index is 0.182. The molecule has 4 aromatic rings. The fourth-order valence-corrected chi connectivity index (χ4v) is 4.47. The summed E-state index contributed by atoms with van der Waals surface area (Å²) in [7, 11) is 1.55. The standard InChI is InChI=1S/C24H25N5O3/c1-15-7-9-16(10-8-15)14-28-22(31)19-12-11-17(21(30)25-18-5-3-4-6-18)13-20(19)29-23(28)26-27(2)24(29)32/h7-13,18H,3-6,14H2,1-2H3,(H,25,30). The van der Waals surface area contributed by atoms with Crippen molar-refractivity contribution in [3.8, 4) is 0 Å². The van der Waals surface area contributed by atoms with E-state index in [0.717, 1.165) is 36.8 Å². The van der Waals surface area contributed by atoms with E-state index < -0.39 is 0 Å². The van der Waals surface area contributed by atoms with Crippen molar-refractivity contribution in [3.05, 3.63) is 80.0 Å². The molecule has 32 heavy (non-hydrogen) atoms. The van der Waals surface area contributed by atoms with Gasteiger partial charge in [-0.2, -0.15) is 0 Å². The number of carbonyl (C=O) groups excluding carboxylic acids is 1. The van der Waals surface area contributed by atoms with Crippen molar-refractivity contribution < 1.29 is 4.79 Å². The van der Waals surface area contributed by atoms with Gasteiger partial charge in [0.1, 0.15) is 0 Å². The highest BCUT2D eigenvalue weighted by atomic mass is 16.2. The van der Waals surface area contributed by atoms with Gasteiger partial charge in [0.15, 0.2) is 0 Å². The van der Waals surface area contributed by atoms with Crippen LogP contribution in [-0.4, -0.2) is 30.7 Å². The van der Waals surface area contributed by atoms with Crippen molar-refractivity contribution >= 4 is 22.6 Å². The Kier molecular flexibility index (Phi) is 4.92. The summed E-state index contributed by atoms with van der Waals surface area (Å²) in [5.74, 6) is 0.0663. The van der Waals surface area contributed by atoms with Gasteiger partial charge in [0.2, 0.25) is 5.78 Å². The molecule has 0 unspecified atom stereocenters. The zero-order valence-electron chi connectivity index (χ0n) is 18.2. The molecule has 2 aromatic carbocycles. The van der Waals surface area contributed by atoms with E-state index in [0.29, 0.717) is 23.0 Å². The Hall–Kier alpha value is -3.68. The number of hydrogen-bond acceptors (Lipinski definition) is 4. The number of amides is 1. The van der Waals surface area contributed by atoms with Gasteiger partial charge in [0, 0.05) is 18.7 Å². The van der Waals surface area contributed by atoms with E-state index in [9.17, 15) is 14.4 Å². The average Bonchev–Trinajstić information content (AvgIpc) is 3.40. The molecule has 0 atom stereocenters. The van der Waals surface area contributed by atoms with Gasteiger partial charge in [0.25, 0.3) is 11.5 Å². The number of aryl methyl sites for hydroxylation is 2. The second kappa shape index (κ2) is 7.78. The van der Waals surface area contributed by atoms with Crippen LogP contribution in [0.25, 0.3) is 16.7 Å². The first-order valence-electron chi connectivity index (χ1n) is 10.9. The summed E-state index contributed by atoms with van der Waals surface area (Å²) in [6.45, 7) is 2.29. The number of nitrogens with one attached hydrogen (secondary N) is 1. The lowest BCUT2D eigenvalue weighted by atomic mass is 10.1. The third-order valence-corrected chi connectivity index (χ3v) is 6.28. The van der Waals surface area contributed by atoms with E-state index in [1.54, 1.807) is 25.2 Å². The minimum Gasteiger partial charge on any atom is -0.349 e. The maximum atomic E-state index is 13.4. The van der Waals surface area contributed by atoms with E-state index in [1.807, 2.05) is 31.2 Å². The molecule has 1 saturated carbocycles. The van der Waals surface area contributed by atoms with Crippen LogP contribution in [0, 0.1) is 6.92 Å². The molecule has 2 heterocycles. The third-order valence-electron chi connectivity index (χ3n) is 6.28. The molecule has 1 fully saturated rings. The first-order chi connectivity index (χ1) is 15.4. The SMILES string of the molecule is Cc1ccc(Cn2c(=O)c3ccc(C(=O)NC4CCCC4)cc3n3c(=O)n(C)nc23)cc1. The lowest BCUT2D eigenvalue weighted by Gasteiger charge is -2.13. The Morgan fingerprint density at radius 1 is 1.09 bits per heavy atom. The lowest BCUT2D eigenvalue weighted by molar-refractivity contribution is 0.0938. The van der Waals surface area contributed by atoms with Gasteiger partial charge in [-0.1, -0.05) is 42.7 Å². The summed E-state index contributed by atoms with van der Waals surface area (Å²) < 4.78 is 4.13. The molecular formula is C24H25N5O3. The molecule has 2 aromatic heterocycles. The Bertz CT molecular complexity index is 1450. The number of aromatic nitrogens is 4. The van der Waals surface area contributed by atoms with Crippen LogP contribution in [0.15, 0.2) is 52.1 Å². The summed E-state index contributed by atoms with van der Waals surface area (Å²) >= 11 is 0. The molecule has 1 amide bonds. The number of rotatable bonds is 4. The normalized spacial score (nSPS) is 14.4. The van der Waals surface area contributed by atoms with Crippen molar-refractivity contribution in [1.29, 1.82) is 0 Å².